The maximum Gasteiger partial charge on any atom is 0.262 e. The van der Waals surface area contributed by atoms with Crippen molar-refractivity contribution in [2.75, 3.05) is 16.6 Å². The molecule has 0 radical (unpaired) electrons. The molecule has 112 valence electrons. The number of nitrogens with one attached hydrogen (secondary N) is 2. The predicted molar refractivity (Wildman–Crippen MR) is 91.1 cm³/mol. The highest BCUT2D eigenvalue weighted by Gasteiger charge is 2.16. The van der Waals surface area contributed by atoms with Gasteiger partial charge < -0.3 is 5.32 Å². The zero-order valence-electron chi connectivity index (χ0n) is 11.1. The fourth-order valence-electron chi connectivity index (χ4n) is 1.63. The van der Waals surface area contributed by atoms with Gasteiger partial charge in [0.05, 0.1) is 10.6 Å². The molecule has 0 saturated heterocycles. The lowest BCUT2D eigenvalue weighted by atomic mass is 10.3. The maximum absolute atomic E-state index is 12.4. The van der Waals surface area contributed by atoms with Crippen LogP contribution in [0.1, 0.15) is 6.92 Å². The van der Waals surface area contributed by atoms with Gasteiger partial charge in [0.15, 0.2) is 0 Å². The van der Waals surface area contributed by atoms with Crippen LogP contribution in [0.2, 0.25) is 0 Å². The first-order chi connectivity index (χ1) is 9.92. The van der Waals surface area contributed by atoms with E-state index < -0.39 is 10.0 Å². The van der Waals surface area contributed by atoms with Crippen LogP contribution in [0.15, 0.2) is 50.4 Å². The zero-order valence-corrected chi connectivity index (χ0v) is 15.1. The molecule has 0 amide bonds. The minimum atomic E-state index is -3.66. The molecule has 5 nitrogen and oxygen atoms in total. The second kappa shape index (κ2) is 6.76. The van der Waals surface area contributed by atoms with Gasteiger partial charge in [-0.1, -0.05) is 15.9 Å². The molecule has 0 aliphatic rings. The lowest BCUT2D eigenvalue weighted by Gasteiger charge is -2.11. The van der Waals surface area contributed by atoms with Crippen molar-refractivity contribution in [1.29, 1.82) is 0 Å². The summed E-state index contributed by atoms with van der Waals surface area (Å²) < 4.78 is 28.9. The van der Waals surface area contributed by atoms with Crippen molar-refractivity contribution >= 4 is 53.4 Å². The molecule has 0 aliphatic heterocycles. The molecule has 0 bridgehead atoms. The van der Waals surface area contributed by atoms with Crippen molar-refractivity contribution < 1.29 is 8.42 Å². The van der Waals surface area contributed by atoms with Gasteiger partial charge in [-0.3, -0.25) is 4.72 Å². The Kier molecular flexibility index (Phi) is 5.23. The normalized spacial score (nSPS) is 11.2. The van der Waals surface area contributed by atoms with Gasteiger partial charge in [0, 0.05) is 27.8 Å². The molecule has 0 atom stereocenters. The fraction of sp³-hybridized carbons (Fsp3) is 0.154. The van der Waals surface area contributed by atoms with Gasteiger partial charge in [0.2, 0.25) is 0 Å². The first kappa shape index (κ1) is 16.3. The van der Waals surface area contributed by atoms with Gasteiger partial charge >= 0.3 is 0 Å². The Labute approximate surface area is 140 Å². The monoisotopic (exact) mass is 433 g/mol. The molecule has 2 rings (SSSR count). The SMILES string of the molecule is CCNc1cc(S(=O)(=O)Nc2ccc(Br)cc2Br)ccn1. The number of rotatable bonds is 5. The fourth-order valence-corrected chi connectivity index (χ4v) is 4.00. The number of nitrogens with zero attached hydrogens (tertiary/aromatic N) is 1. The highest BCUT2D eigenvalue weighted by Crippen LogP contribution is 2.28. The van der Waals surface area contributed by atoms with E-state index in [1.807, 2.05) is 6.92 Å². The third-order valence-electron chi connectivity index (χ3n) is 2.58. The number of anilines is 2. The van der Waals surface area contributed by atoms with Crippen LogP contribution in [-0.4, -0.2) is 19.9 Å². The van der Waals surface area contributed by atoms with Gasteiger partial charge in [0.1, 0.15) is 5.82 Å². The van der Waals surface area contributed by atoms with Crippen LogP contribution in [0.4, 0.5) is 11.5 Å². The summed E-state index contributed by atoms with van der Waals surface area (Å²) in [5.41, 5.74) is 0.472. The second-order valence-corrected chi connectivity index (χ2v) is 7.59. The van der Waals surface area contributed by atoms with Crippen molar-refractivity contribution in [1.82, 2.24) is 4.98 Å². The third-order valence-corrected chi connectivity index (χ3v) is 5.09. The molecule has 2 aromatic rings. The summed E-state index contributed by atoms with van der Waals surface area (Å²) in [6, 6.07) is 8.17. The number of hydrogen-bond acceptors (Lipinski definition) is 4. The van der Waals surface area contributed by atoms with Crippen LogP contribution in [0.25, 0.3) is 0 Å². The summed E-state index contributed by atoms with van der Waals surface area (Å²) in [7, 11) is -3.66. The topological polar surface area (TPSA) is 71.1 Å². The lowest BCUT2D eigenvalue weighted by molar-refractivity contribution is 0.601. The van der Waals surface area contributed by atoms with E-state index in [0.29, 0.717) is 22.5 Å². The van der Waals surface area contributed by atoms with Crippen LogP contribution in [0.3, 0.4) is 0 Å². The Morgan fingerprint density at radius 2 is 1.95 bits per heavy atom. The number of sulfonamides is 1. The molecule has 2 N–H and O–H groups in total. The molecular weight excluding hydrogens is 422 g/mol. The Hall–Kier alpha value is -1.12. The van der Waals surface area contributed by atoms with E-state index in [1.54, 1.807) is 18.2 Å². The summed E-state index contributed by atoms with van der Waals surface area (Å²) in [5.74, 6) is 0.523. The molecule has 0 unspecified atom stereocenters. The average molecular weight is 435 g/mol. The minimum Gasteiger partial charge on any atom is -0.370 e. The van der Waals surface area contributed by atoms with Crippen LogP contribution in [0, 0.1) is 0 Å². The van der Waals surface area contributed by atoms with Crippen LogP contribution >= 0.6 is 31.9 Å². The van der Waals surface area contributed by atoms with Crippen molar-refractivity contribution in [3.63, 3.8) is 0 Å². The van der Waals surface area contributed by atoms with Gasteiger partial charge in [-0.05, 0) is 47.1 Å². The molecule has 1 heterocycles. The van der Waals surface area contributed by atoms with E-state index in [-0.39, 0.29) is 4.90 Å². The highest BCUT2D eigenvalue weighted by molar-refractivity contribution is 9.11. The van der Waals surface area contributed by atoms with Gasteiger partial charge in [0.25, 0.3) is 10.0 Å². The molecule has 0 spiro atoms. The number of hydrogen-bond donors (Lipinski definition) is 2. The quantitative estimate of drug-likeness (QED) is 0.749. The second-order valence-electron chi connectivity index (χ2n) is 4.14. The van der Waals surface area contributed by atoms with Crippen LogP contribution in [-0.2, 0) is 10.0 Å². The van der Waals surface area contributed by atoms with E-state index in [0.717, 1.165) is 4.47 Å². The average Bonchev–Trinajstić information content (AvgIpc) is 2.43. The summed E-state index contributed by atoms with van der Waals surface area (Å²) >= 11 is 6.65. The Morgan fingerprint density at radius 3 is 2.62 bits per heavy atom. The van der Waals surface area contributed by atoms with Crippen molar-refractivity contribution in [2.24, 2.45) is 0 Å². The molecule has 21 heavy (non-hydrogen) atoms. The number of benzene rings is 1. The first-order valence-electron chi connectivity index (χ1n) is 6.10. The predicted octanol–water partition coefficient (Wildman–Crippen LogP) is 3.84. The van der Waals surface area contributed by atoms with E-state index in [9.17, 15) is 8.42 Å². The molecule has 0 aliphatic carbocycles. The smallest absolute Gasteiger partial charge is 0.262 e. The molecule has 0 fully saturated rings. The Bertz CT molecular complexity index is 751. The van der Waals surface area contributed by atoms with E-state index in [1.165, 1.54) is 18.3 Å². The summed E-state index contributed by atoms with van der Waals surface area (Å²) in [5, 5.41) is 2.98. The van der Waals surface area contributed by atoms with Crippen LogP contribution < -0.4 is 10.0 Å². The summed E-state index contributed by atoms with van der Waals surface area (Å²) in [6.45, 7) is 2.59. The summed E-state index contributed by atoms with van der Waals surface area (Å²) in [6.07, 6.45) is 1.46. The summed E-state index contributed by atoms with van der Waals surface area (Å²) in [4.78, 5) is 4.22. The minimum absolute atomic E-state index is 0.156. The number of halogens is 2. The highest BCUT2D eigenvalue weighted by atomic mass is 79.9. The van der Waals surface area contributed by atoms with Gasteiger partial charge in [-0.25, -0.2) is 13.4 Å². The van der Waals surface area contributed by atoms with Crippen LogP contribution in [0.5, 0.6) is 0 Å². The molecule has 8 heteroatoms. The molecule has 1 aromatic carbocycles. The zero-order chi connectivity index (χ0) is 15.5. The largest absolute Gasteiger partial charge is 0.370 e. The number of aromatic nitrogens is 1. The van der Waals surface area contributed by atoms with Crippen molar-refractivity contribution in [3.05, 3.63) is 45.5 Å². The molecule has 0 saturated carbocycles. The maximum atomic E-state index is 12.4. The van der Waals surface area contributed by atoms with Crippen molar-refractivity contribution in [2.45, 2.75) is 11.8 Å². The Balaban J connectivity index is 2.31. The third kappa shape index (κ3) is 4.18. The Morgan fingerprint density at radius 1 is 1.19 bits per heavy atom. The van der Waals surface area contributed by atoms with Gasteiger partial charge in [-0.15, -0.1) is 0 Å². The van der Waals surface area contributed by atoms with E-state index >= 15 is 0 Å². The van der Waals surface area contributed by atoms with Gasteiger partial charge in [-0.2, -0.15) is 0 Å². The van der Waals surface area contributed by atoms with E-state index in [4.69, 9.17) is 0 Å². The standard InChI is InChI=1S/C13H13Br2N3O2S/c1-2-16-13-8-10(5-6-17-13)21(19,20)18-12-4-3-9(14)7-11(12)15/h3-8,18H,2H2,1H3,(H,16,17). The van der Waals surface area contributed by atoms with E-state index in [2.05, 4.69) is 46.9 Å². The first-order valence-corrected chi connectivity index (χ1v) is 9.17. The number of pyridine rings is 1. The van der Waals surface area contributed by atoms with Crippen molar-refractivity contribution in [3.8, 4) is 0 Å². The molecule has 1 aromatic heterocycles. The molecular formula is C13H13Br2N3O2S. The lowest BCUT2D eigenvalue weighted by Crippen LogP contribution is -2.14.